The summed E-state index contributed by atoms with van der Waals surface area (Å²) in [5.74, 6) is 0. The number of rotatable bonds is 2. The zero-order chi connectivity index (χ0) is 9.90. The first-order valence-electron chi connectivity index (χ1n) is 4.01. The van der Waals surface area contributed by atoms with Gasteiger partial charge >= 0.3 is 0 Å². The largest absolute Gasteiger partial charge is 0.219 e. The Morgan fingerprint density at radius 3 is 2.15 bits per heavy atom. The van der Waals surface area contributed by atoms with Crippen LogP contribution in [0, 0.1) is 6.92 Å². The molecule has 0 N–H and O–H groups in total. The number of aryl methyl sites for hydroxylation is 1. The Morgan fingerprint density at radius 1 is 1.15 bits per heavy atom. The zero-order valence-corrected chi connectivity index (χ0v) is 8.51. The zero-order valence-electron chi connectivity index (χ0n) is 7.69. The second-order valence-corrected chi connectivity index (χ2v) is 4.66. The van der Waals surface area contributed by atoms with E-state index in [9.17, 15) is 8.42 Å². The van der Waals surface area contributed by atoms with Crippen molar-refractivity contribution in [2.24, 2.45) is 0 Å². The summed E-state index contributed by atoms with van der Waals surface area (Å²) in [5.41, 5.74) is 1.06. The maximum absolute atomic E-state index is 11.5. The molecule has 0 radical (unpaired) electrons. The summed E-state index contributed by atoms with van der Waals surface area (Å²) in [4.78, 5) is 0.344. The van der Waals surface area contributed by atoms with Gasteiger partial charge in [0.25, 0.3) is 0 Å². The van der Waals surface area contributed by atoms with E-state index in [2.05, 4.69) is 0 Å². The predicted octanol–water partition coefficient (Wildman–Crippen LogP) is 2.30. The Balaban J connectivity index is 3.17. The molecule has 0 unspecified atom stereocenters. The quantitative estimate of drug-likeness (QED) is 0.727. The standard InChI is InChI=1S/C10H12O2S/c1-3-8-13(11,12)10-6-4-9(2)5-7-10/h3-8H,1-2H3/b8-3+. The van der Waals surface area contributed by atoms with Gasteiger partial charge in [-0.05, 0) is 26.0 Å². The molecule has 0 saturated heterocycles. The van der Waals surface area contributed by atoms with E-state index in [1.54, 1.807) is 31.2 Å². The molecule has 1 aromatic rings. The third-order valence-electron chi connectivity index (χ3n) is 1.66. The summed E-state index contributed by atoms with van der Waals surface area (Å²) in [6, 6.07) is 6.81. The summed E-state index contributed by atoms with van der Waals surface area (Å²) >= 11 is 0. The Bertz CT molecular complexity index is 399. The third kappa shape index (κ3) is 2.42. The van der Waals surface area contributed by atoms with Gasteiger partial charge in [-0.1, -0.05) is 23.8 Å². The van der Waals surface area contributed by atoms with Crippen LogP contribution in [0.1, 0.15) is 12.5 Å². The predicted molar refractivity (Wildman–Crippen MR) is 53.2 cm³/mol. The molecular weight excluding hydrogens is 184 g/mol. The average molecular weight is 196 g/mol. The molecule has 0 aliphatic carbocycles. The summed E-state index contributed by atoms with van der Waals surface area (Å²) in [7, 11) is -3.21. The lowest BCUT2D eigenvalue weighted by atomic mass is 10.2. The van der Waals surface area contributed by atoms with Crippen LogP contribution in [0.5, 0.6) is 0 Å². The van der Waals surface area contributed by atoms with Crippen LogP contribution in [0.3, 0.4) is 0 Å². The van der Waals surface area contributed by atoms with Gasteiger partial charge in [0.2, 0.25) is 0 Å². The first-order valence-corrected chi connectivity index (χ1v) is 5.55. The fraction of sp³-hybridized carbons (Fsp3) is 0.200. The van der Waals surface area contributed by atoms with E-state index in [0.717, 1.165) is 5.56 Å². The molecule has 0 heterocycles. The fourth-order valence-electron chi connectivity index (χ4n) is 0.986. The van der Waals surface area contributed by atoms with Crippen LogP contribution in [-0.4, -0.2) is 8.42 Å². The fourth-order valence-corrected chi connectivity index (χ4v) is 2.02. The normalized spacial score (nSPS) is 12.2. The number of hydrogen-bond donors (Lipinski definition) is 0. The Morgan fingerprint density at radius 2 is 1.69 bits per heavy atom. The molecule has 0 fully saturated rings. The van der Waals surface area contributed by atoms with Gasteiger partial charge in [-0.3, -0.25) is 0 Å². The van der Waals surface area contributed by atoms with Crippen molar-refractivity contribution < 1.29 is 8.42 Å². The second-order valence-electron chi connectivity index (χ2n) is 2.83. The molecule has 3 heteroatoms. The molecule has 0 saturated carbocycles. The molecule has 1 rings (SSSR count). The van der Waals surface area contributed by atoms with E-state index in [1.807, 2.05) is 6.92 Å². The van der Waals surface area contributed by atoms with E-state index >= 15 is 0 Å². The van der Waals surface area contributed by atoms with Gasteiger partial charge in [-0.2, -0.15) is 0 Å². The lowest BCUT2D eigenvalue weighted by Crippen LogP contribution is -1.95. The maximum atomic E-state index is 11.5. The molecule has 0 aliphatic heterocycles. The van der Waals surface area contributed by atoms with Gasteiger partial charge in [0, 0.05) is 5.41 Å². The summed E-state index contributed by atoms with van der Waals surface area (Å²) < 4.78 is 22.9. The van der Waals surface area contributed by atoms with Crippen LogP contribution in [0.15, 0.2) is 40.6 Å². The van der Waals surface area contributed by atoms with Crippen molar-refractivity contribution in [1.82, 2.24) is 0 Å². The van der Waals surface area contributed by atoms with E-state index in [-0.39, 0.29) is 0 Å². The molecule has 13 heavy (non-hydrogen) atoms. The highest BCUT2D eigenvalue weighted by Gasteiger charge is 2.07. The molecule has 0 aliphatic rings. The number of allylic oxidation sites excluding steroid dienone is 1. The number of sulfone groups is 1. The van der Waals surface area contributed by atoms with Crippen molar-refractivity contribution in [2.75, 3.05) is 0 Å². The molecule has 70 valence electrons. The molecule has 0 atom stereocenters. The monoisotopic (exact) mass is 196 g/mol. The highest BCUT2D eigenvalue weighted by atomic mass is 32.2. The van der Waals surface area contributed by atoms with Crippen molar-refractivity contribution in [3.63, 3.8) is 0 Å². The minimum atomic E-state index is -3.21. The van der Waals surface area contributed by atoms with Crippen LogP contribution in [0.2, 0.25) is 0 Å². The highest BCUT2D eigenvalue weighted by molar-refractivity contribution is 7.94. The van der Waals surface area contributed by atoms with Gasteiger partial charge < -0.3 is 0 Å². The lowest BCUT2D eigenvalue weighted by molar-refractivity contribution is 0.604. The Hall–Kier alpha value is -1.09. The van der Waals surface area contributed by atoms with Crippen LogP contribution in [0.25, 0.3) is 0 Å². The third-order valence-corrected chi connectivity index (χ3v) is 3.22. The van der Waals surface area contributed by atoms with Gasteiger partial charge in [-0.15, -0.1) is 0 Å². The first kappa shape index (κ1) is 9.99. The maximum Gasteiger partial charge on any atom is 0.199 e. The number of hydrogen-bond acceptors (Lipinski definition) is 2. The Kier molecular flexibility index (Phi) is 2.88. The smallest absolute Gasteiger partial charge is 0.199 e. The topological polar surface area (TPSA) is 34.1 Å². The van der Waals surface area contributed by atoms with Crippen molar-refractivity contribution in [3.8, 4) is 0 Å². The Labute approximate surface area is 78.8 Å². The summed E-state index contributed by atoms with van der Waals surface area (Å²) in [5, 5.41) is 1.21. The van der Waals surface area contributed by atoms with Crippen LogP contribution < -0.4 is 0 Å². The van der Waals surface area contributed by atoms with Gasteiger partial charge in [0.05, 0.1) is 4.90 Å². The van der Waals surface area contributed by atoms with E-state index in [1.165, 1.54) is 11.5 Å². The lowest BCUT2D eigenvalue weighted by Gasteiger charge is -1.98. The molecule has 1 aromatic carbocycles. The average Bonchev–Trinajstić information content (AvgIpc) is 2.05. The molecule has 0 bridgehead atoms. The second kappa shape index (κ2) is 3.75. The van der Waals surface area contributed by atoms with Gasteiger partial charge in [0.15, 0.2) is 9.84 Å². The summed E-state index contributed by atoms with van der Waals surface area (Å²) in [6.07, 6.45) is 1.52. The van der Waals surface area contributed by atoms with Gasteiger partial charge in [-0.25, -0.2) is 8.42 Å². The number of benzene rings is 1. The highest BCUT2D eigenvalue weighted by Crippen LogP contribution is 2.12. The van der Waals surface area contributed by atoms with Crippen LogP contribution in [0.4, 0.5) is 0 Å². The SMILES string of the molecule is C/C=C/S(=O)(=O)c1ccc(C)cc1. The van der Waals surface area contributed by atoms with Crippen LogP contribution in [-0.2, 0) is 9.84 Å². The van der Waals surface area contributed by atoms with E-state index in [0.29, 0.717) is 4.90 Å². The first-order chi connectivity index (χ1) is 6.06. The minimum absolute atomic E-state index is 0.344. The van der Waals surface area contributed by atoms with Crippen molar-refractivity contribution >= 4 is 9.84 Å². The minimum Gasteiger partial charge on any atom is -0.219 e. The van der Waals surface area contributed by atoms with Crippen LogP contribution >= 0.6 is 0 Å². The van der Waals surface area contributed by atoms with Crippen molar-refractivity contribution in [1.29, 1.82) is 0 Å². The van der Waals surface area contributed by atoms with E-state index < -0.39 is 9.84 Å². The summed E-state index contributed by atoms with van der Waals surface area (Å²) in [6.45, 7) is 3.61. The van der Waals surface area contributed by atoms with Crippen molar-refractivity contribution in [2.45, 2.75) is 18.7 Å². The molecule has 0 aromatic heterocycles. The molecule has 0 amide bonds. The van der Waals surface area contributed by atoms with E-state index in [4.69, 9.17) is 0 Å². The molecular formula is C10H12O2S. The molecule has 2 nitrogen and oxygen atoms in total. The van der Waals surface area contributed by atoms with Gasteiger partial charge in [0.1, 0.15) is 0 Å². The van der Waals surface area contributed by atoms with Crippen molar-refractivity contribution in [3.05, 3.63) is 41.3 Å². The molecule has 0 spiro atoms.